The van der Waals surface area contributed by atoms with E-state index in [1.165, 1.54) is 43.6 Å². The van der Waals surface area contributed by atoms with E-state index in [2.05, 4.69) is 24.0 Å². The van der Waals surface area contributed by atoms with E-state index >= 15 is 0 Å². The molecule has 0 amide bonds. The molecule has 0 spiro atoms. The maximum Gasteiger partial charge on any atom is 0.0168 e. The Morgan fingerprint density at radius 3 is 2.69 bits per heavy atom. The van der Waals surface area contributed by atoms with Gasteiger partial charge in [-0.15, -0.1) is 0 Å². The molecule has 1 aliphatic carbocycles. The van der Waals surface area contributed by atoms with Gasteiger partial charge < -0.3 is 5.32 Å². The van der Waals surface area contributed by atoms with E-state index < -0.39 is 0 Å². The Morgan fingerprint density at radius 1 is 1.15 bits per heavy atom. The van der Waals surface area contributed by atoms with Crippen molar-refractivity contribution in [1.29, 1.82) is 0 Å². The van der Waals surface area contributed by atoms with Crippen LogP contribution in [0, 0.1) is 5.92 Å². The molecule has 0 aromatic carbocycles. The van der Waals surface area contributed by atoms with Gasteiger partial charge in [0.15, 0.2) is 0 Å². The molecule has 2 heteroatoms. The number of hydrogen-bond acceptors (Lipinski definition) is 2. The molecule has 76 valence electrons. The average molecular weight is 199 g/mol. The molecule has 0 bridgehead atoms. The van der Waals surface area contributed by atoms with Crippen LogP contribution in [-0.4, -0.2) is 23.6 Å². The van der Waals surface area contributed by atoms with Gasteiger partial charge in [-0.3, -0.25) is 0 Å². The van der Waals surface area contributed by atoms with Crippen LogP contribution in [-0.2, 0) is 0 Å². The standard InChI is InChI=1S/C11H21NS/c1-9-4-2-3-5-11(9)12-10-6-7-13-8-10/h9-12H,2-8H2,1H3/t9-,10+,11-/m0/s1. The molecule has 0 aromatic heterocycles. The fourth-order valence-electron chi connectivity index (χ4n) is 2.53. The predicted molar refractivity (Wildman–Crippen MR) is 60.3 cm³/mol. The van der Waals surface area contributed by atoms with Crippen LogP contribution in [0.2, 0.25) is 0 Å². The van der Waals surface area contributed by atoms with Crippen molar-refractivity contribution in [2.75, 3.05) is 11.5 Å². The molecule has 1 saturated carbocycles. The quantitative estimate of drug-likeness (QED) is 0.734. The summed E-state index contributed by atoms with van der Waals surface area (Å²) in [6.45, 7) is 2.42. The Morgan fingerprint density at radius 2 is 2.00 bits per heavy atom. The molecule has 1 nitrogen and oxygen atoms in total. The van der Waals surface area contributed by atoms with E-state index in [0.717, 1.165) is 18.0 Å². The minimum Gasteiger partial charge on any atom is -0.310 e. The second-order valence-electron chi connectivity index (χ2n) is 4.60. The highest BCUT2D eigenvalue weighted by Gasteiger charge is 2.25. The largest absolute Gasteiger partial charge is 0.310 e. The summed E-state index contributed by atoms with van der Waals surface area (Å²) in [7, 11) is 0. The van der Waals surface area contributed by atoms with Crippen LogP contribution in [0.5, 0.6) is 0 Å². The highest BCUT2D eigenvalue weighted by molar-refractivity contribution is 7.99. The lowest BCUT2D eigenvalue weighted by atomic mass is 9.85. The predicted octanol–water partition coefficient (Wildman–Crippen LogP) is 2.66. The van der Waals surface area contributed by atoms with Crippen LogP contribution in [0.15, 0.2) is 0 Å². The van der Waals surface area contributed by atoms with Gasteiger partial charge in [-0.05, 0) is 30.9 Å². The van der Waals surface area contributed by atoms with Gasteiger partial charge in [0.05, 0.1) is 0 Å². The van der Waals surface area contributed by atoms with E-state index in [1.807, 2.05) is 0 Å². The average Bonchev–Trinajstić information content (AvgIpc) is 2.61. The first-order chi connectivity index (χ1) is 6.36. The smallest absolute Gasteiger partial charge is 0.0168 e. The molecule has 1 aliphatic heterocycles. The molecule has 0 radical (unpaired) electrons. The molecule has 2 rings (SSSR count). The van der Waals surface area contributed by atoms with Crippen LogP contribution < -0.4 is 5.32 Å². The van der Waals surface area contributed by atoms with Crippen molar-refractivity contribution in [1.82, 2.24) is 5.32 Å². The summed E-state index contributed by atoms with van der Waals surface area (Å²) in [4.78, 5) is 0. The molecular weight excluding hydrogens is 178 g/mol. The van der Waals surface area contributed by atoms with Crippen molar-refractivity contribution in [2.45, 2.75) is 51.1 Å². The van der Waals surface area contributed by atoms with Crippen LogP contribution in [0.3, 0.4) is 0 Å². The topological polar surface area (TPSA) is 12.0 Å². The molecule has 13 heavy (non-hydrogen) atoms. The number of thioether (sulfide) groups is 1. The monoisotopic (exact) mass is 199 g/mol. The lowest BCUT2D eigenvalue weighted by Gasteiger charge is -2.31. The Labute approximate surface area is 86.0 Å². The van der Waals surface area contributed by atoms with Crippen LogP contribution in [0.4, 0.5) is 0 Å². The number of rotatable bonds is 2. The third kappa shape index (κ3) is 2.63. The van der Waals surface area contributed by atoms with Gasteiger partial charge in [0, 0.05) is 17.8 Å². The molecule has 2 fully saturated rings. The lowest BCUT2D eigenvalue weighted by molar-refractivity contribution is 0.264. The molecule has 0 unspecified atom stereocenters. The maximum absolute atomic E-state index is 3.85. The van der Waals surface area contributed by atoms with Crippen molar-refractivity contribution >= 4 is 11.8 Å². The van der Waals surface area contributed by atoms with Crippen molar-refractivity contribution in [3.8, 4) is 0 Å². The van der Waals surface area contributed by atoms with Crippen LogP contribution in [0.25, 0.3) is 0 Å². The first kappa shape index (κ1) is 9.85. The third-order valence-corrected chi connectivity index (χ3v) is 4.65. The zero-order valence-electron chi connectivity index (χ0n) is 8.59. The second-order valence-corrected chi connectivity index (χ2v) is 5.75. The Kier molecular flexibility index (Phi) is 3.56. The number of hydrogen-bond donors (Lipinski definition) is 1. The zero-order chi connectivity index (χ0) is 9.10. The van der Waals surface area contributed by atoms with E-state index in [-0.39, 0.29) is 0 Å². The minimum atomic E-state index is 0.829. The Hall–Kier alpha value is 0.310. The molecular formula is C11H21NS. The van der Waals surface area contributed by atoms with Gasteiger partial charge in [-0.2, -0.15) is 11.8 Å². The fraction of sp³-hybridized carbons (Fsp3) is 1.00. The minimum absolute atomic E-state index is 0.829. The Bertz CT molecular complexity index is 154. The highest BCUT2D eigenvalue weighted by atomic mass is 32.2. The number of nitrogens with one attached hydrogen (secondary N) is 1. The third-order valence-electron chi connectivity index (χ3n) is 3.49. The summed E-state index contributed by atoms with van der Waals surface area (Å²) >= 11 is 2.11. The van der Waals surface area contributed by atoms with E-state index in [0.29, 0.717) is 0 Å². The summed E-state index contributed by atoms with van der Waals surface area (Å²) in [6, 6.07) is 1.66. The van der Waals surface area contributed by atoms with Crippen molar-refractivity contribution in [3.05, 3.63) is 0 Å². The van der Waals surface area contributed by atoms with Crippen molar-refractivity contribution < 1.29 is 0 Å². The first-order valence-corrected chi connectivity index (χ1v) is 6.85. The normalized spacial score (nSPS) is 40.8. The molecule has 2 aliphatic rings. The molecule has 1 heterocycles. The van der Waals surface area contributed by atoms with E-state index in [9.17, 15) is 0 Å². The van der Waals surface area contributed by atoms with Gasteiger partial charge in [0.2, 0.25) is 0 Å². The molecule has 1 saturated heterocycles. The van der Waals surface area contributed by atoms with Crippen molar-refractivity contribution in [3.63, 3.8) is 0 Å². The second kappa shape index (κ2) is 4.70. The molecule has 1 N–H and O–H groups in total. The highest BCUT2D eigenvalue weighted by Crippen LogP contribution is 2.26. The summed E-state index contributed by atoms with van der Waals surface area (Å²) in [5.74, 6) is 3.64. The van der Waals surface area contributed by atoms with E-state index in [1.54, 1.807) is 0 Å². The maximum atomic E-state index is 3.85. The summed E-state index contributed by atoms with van der Waals surface area (Å²) < 4.78 is 0. The summed E-state index contributed by atoms with van der Waals surface area (Å²) in [5, 5.41) is 3.85. The van der Waals surface area contributed by atoms with Gasteiger partial charge >= 0.3 is 0 Å². The zero-order valence-corrected chi connectivity index (χ0v) is 9.41. The fourth-order valence-corrected chi connectivity index (χ4v) is 3.70. The van der Waals surface area contributed by atoms with Gasteiger partial charge in [0.25, 0.3) is 0 Å². The molecule has 0 aromatic rings. The van der Waals surface area contributed by atoms with Gasteiger partial charge in [-0.1, -0.05) is 19.8 Å². The van der Waals surface area contributed by atoms with E-state index in [4.69, 9.17) is 0 Å². The van der Waals surface area contributed by atoms with Gasteiger partial charge in [-0.25, -0.2) is 0 Å². The lowest BCUT2D eigenvalue weighted by Crippen LogP contribution is -2.43. The van der Waals surface area contributed by atoms with Gasteiger partial charge in [0.1, 0.15) is 0 Å². The summed E-state index contributed by atoms with van der Waals surface area (Å²) in [6.07, 6.45) is 7.16. The van der Waals surface area contributed by atoms with Crippen LogP contribution >= 0.6 is 11.8 Å². The van der Waals surface area contributed by atoms with Crippen LogP contribution in [0.1, 0.15) is 39.0 Å². The SMILES string of the molecule is C[C@H]1CCCC[C@@H]1N[C@@H]1CCSC1. The molecule has 3 atom stereocenters. The Balaban J connectivity index is 1.78. The first-order valence-electron chi connectivity index (χ1n) is 5.70. The summed E-state index contributed by atoms with van der Waals surface area (Å²) in [5.41, 5.74) is 0. The van der Waals surface area contributed by atoms with Crippen molar-refractivity contribution in [2.24, 2.45) is 5.92 Å².